The lowest BCUT2D eigenvalue weighted by Gasteiger charge is -2.14. The number of halogens is 3. The van der Waals surface area contributed by atoms with Gasteiger partial charge in [0.1, 0.15) is 5.75 Å². The molecule has 0 saturated carbocycles. The van der Waals surface area contributed by atoms with Gasteiger partial charge in [-0.3, -0.25) is 4.79 Å². The number of hydrogen-bond acceptors (Lipinski definition) is 3. The van der Waals surface area contributed by atoms with Gasteiger partial charge < -0.3 is 10.1 Å². The first-order chi connectivity index (χ1) is 8.83. The number of ketones is 1. The number of benzene rings is 1. The largest absolute Gasteiger partial charge is 0.573 e. The Hall–Kier alpha value is -1.56. The molecule has 1 aromatic carbocycles. The van der Waals surface area contributed by atoms with Gasteiger partial charge >= 0.3 is 6.36 Å². The number of alkyl halides is 3. The van der Waals surface area contributed by atoms with Crippen molar-refractivity contribution in [2.24, 2.45) is 0 Å². The number of ether oxygens (including phenoxy) is 1. The lowest BCUT2D eigenvalue weighted by molar-refractivity contribution is -0.274. The molecule has 0 saturated heterocycles. The molecule has 0 bridgehead atoms. The number of Topliss-reactive ketones (excluding diaryl/α,β-unsaturated/α-hetero) is 1. The Morgan fingerprint density at radius 1 is 1.37 bits per heavy atom. The van der Waals surface area contributed by atoms with Crippen LogP contribution in [0.1, 0.15) is 30.6 Å². The molecule has 0 fully saturated rings. The van der Waals surface area contributed by atoms with Gasteiger partial charge in [-0.25, -0.2) is 0 Å². The summed E-state index contributed by atoms with van der Waals surface area (Å²) in [4.78, 5) is 11.9. The number of hydrogen-bond donors (Lipinski definition) is 1. The lowest BCUT2D eigenvalue weighted by atomic mass is 10.1. The fourth-order valence-corrected chi connectivity index (χ4v) is 1.42. The molecule has 1 atom stereocenters. The molecule has 0 aromatic heterocycles. The molecule has 1 rings (SSSR count). The van der Waals surface area contributed by atoms with E-state index in [1.54, 1.807) is 0 Å². The van der Waals surface area contributed by atoms with Crippen LogP contribution in [0.2, 0.25) is 0 Å². The summed E-state index contributed by atoms with van der Waals surface area (Å²) >= 11 is 0. The first-order valence-corrected chi connectivity index (χ1v) is 5.95. The van der Waals surface area contributed by atoms with E-state index in [9.17, 15) is 18.0 Å². The summed E-state index contributed by atoms with van der Waals surface area (Å²) in [5, 5.41) is 2.93. The quantitative estimate of drug-likeness (QED) is 0.810. The third-order valence-corrected chi connectivity index (χ3v) is 2.64. The second-order valence-corrected chi connectivity index (χ2v) is 4.16. The van der Waals surface area contributed by atoms with E-state index in [1.165, 1.54) is 18.2 Å². The number of nitrogens with one attached hydrogen (secondary N) is 1. The predicted molar refractivity (Wildman–Crippen MR) is 65.2 cm³/mol. The minimum atomic E-state index is -4.81. The molecule has 3 nitrogen and oxygen atoms in total. The van der Waals surface area contributed by atoms with Gasteiger partial charge in [0, 0.05) is 6.04 Å². The van der Waals surface area contributed by atoms with E-state index in [0.717, 1.165) is 12.5 Å². The standard InChI is InChI=1S/C13H16F3NO2/c1-3-9(2)17-8-11(18)10-6-4-5-7-12(10)19-13(14,15)16/h4-7,9,17H,3,8H2,1-2H3. The Morgan fingerprint density at radius 2 is 2.00 bits per heavy atom. The molecule has 6 heteroatoms. The molecular weight excluding hydrogens is 259 g/mol. The Balaban J connectivity index is 2.79. The molecule has 1 N–H and O–H groups in total. The first-order valence-electron chi connectivity index (χ1n) is 5.95. The van der Waals surface area contributed by atoms with Crippen molar-refractivity contribution < 1.29 is 22.7 Å². The van der Waals surface area contributed by atoms with Crippen LogP contribution in [-0.4, -0.2) is 24.7 Å². The number of carbonyl (C=O) groups is 1. The molecular formula is C13H16F3NO2. The van der Waals surface area contributed by atoms with Crippen LogP contribution >= 0.6 is 0 Å². The summed E-state index contributed by atoms with van der Waals surface area (Å²) < 4.78 is 40.5. The van der Waals surface area contributed by atoms with Crippen molar-refractivity contribution in [2.45, 2.75) is 32.7 Å². The van der Waals surface area contributed by atoms with E-state index in [0.29, 0.717) is 0 Å². The number of carbonyl (C=O) groups excluding carboxylic acids is 1. The smallest absolute Gasteiger partial charge is 0.405 e. The van der Waals surface area contributed by atoms with Crippen LogP contribution in [0.4, 0.5) is 13.2 Å². The molecule has 1 unspecified atom stereocenters. The highest BCUT2D eigenvalue weighted by Crippen LogP contribution is 2.26. The minimum absolute atomic E-state index is 0.0206. The van der Waals surface area contributed by atoms with Gasteiger partial charge in [0.25, 0.3) is 0 Å². The van der Waals surface area contributed by atoms with E-state index >= 15 is 0 Å². The van der Waals surface area contributed by atoms with E-state index in [2.05, 4.69) is 10.1 Å². The van der Waals surface area contributed by atoms with Crippen molar-refractivity contribution in [3.63, 3.8) is 0 Å². The third kappa shape index (κ3) is 5.30. The van der Waals surface area contributed by atoms with Crippen LogP contribution in [0.25, 0.3) is 0 Å². The SMILES string of the molecule is CCC(C)NCC(=O)c1ccccc1OC(F)(F)F. The van der Waals surface area contributed by atoms with Crippen LogP contribution < -0.4 is 10.1 Å². The lowest BCUT2D eigenvalue weighted by Crippen LogP contribution is -2.31. The maximum absolute atomic E-state index is 12.2. The van der Waals surface area contributed by atoms with Crippen LogP contribution in [-0.2, 0) is 0 Å². The van der Waals surface area contributed by atoms with Gasteiger partial charge in [0.2, 0.25) is 0 Å². The summed E-state index contributed by atoms with van der Waals surface area (Å²) in [6, 6.07) is 5.46. The highest BCUT2D eigenvalue weighted by atomic mass is 19.4. The summed E-state index contributed by atoms with van der Waals surface area (Å²) in [7, 11) is 0. The predicted octanol–water partition coefficient (Wildman–Crippen LogP) is 3.16. The molecule has 1 aromatic rings. The molecule has 0 radical (unpaired) electrons. The van der Waals surface area contributed by atoms with E-state index in [1.807, 2.05) is 13.8 Å². The summed E-state index contributed by atoms with van der Waals surface area (Å²) in [6.45, 7) is 3.82. The Labute approximate surface area is 109 Å². The van der Waals surface area contributed by atoms with Crippen molar-refractivity contribution in [2.75, 3.05) is 6.54 Å². The summed E-state index contributed by atoms with van der Waals surface area (Å²) in [5.41, 5.74) is -0.0735. The highest BCUT2D eigenvalue weighted by Gasteiger charge is 2.32. The molecule has 19 heavy (non-hydrogen) atoms. The minimum Gasteiger partial charge on any atom is -0.405 e. The van der Waals surface area contributed by atoms with Crippen LogP contribution in [0, 0.1) is 0 Å². The zero-order chi connectivity index (χ0) is 14.5. The van der Waals surface area contributed by atoms with Crippen molar-refractivity contribution >= 4 is 5.78 Å². The van der Waals surface area contributed by atoms with E-state index in [4.69, 9.17) is 0 Å². The molecule has 0 aliphatic heterocycles. The van der Waals surface area contributed by atoms with Crippen molar-refractivity contribution in [3.05, 3.63) is 29.8 Å². The second-order valence-electron chi connectivity index (χ2n) is 4.16. The second kappa shape index (κ2) is 6.56. The maximum Gasteiger partial charge on any atom is 0.573 e. The molecule has 0 heterocycles. The first kappa shape index (κ1) is 15.5. The van der Waals surface area contributed by atoms with Crippen molar-refractivity contribution in [3.8, 4) is 5.75 Å². The van der Waals surface area contributed by atoms with E-state index < -0.39 is 17.9 Å². The summed E-state index contributed by atoms with van der Waals surface area (Å²) in [6.07, 6.45) is -3.98. The monoisotopic (exact) mass is 275 g/mol. The van der Waals surface area contributed by atoms with Crippen LogP contribution in [0.3, 0.4) is 0 Å². The van der Waals surface area contributed by atoms with Gasteiger partial charge in [-0.15, -0.1) is 13.2 Å². The van der Waals surface area contributed by atoms with Gasteiger partial charge in [-0.1, -0.05) is 19.1 Å². The topological polar surface area (TPSA) is 38.3 Å². The Morgan fingerprint density at radius 3 is 2.58 bits per heavy atom. The zero-order valence-electron chi connectivity index (χ0n) is 10.8. The zero-order valence-corrected chi connectivity index (χ0v) is 10.8. The van der Waals surface area contributed by atoms with Crippen LogP contribution in [0.15, 0.2) is 24.3 Å². The summed E-state index contributed by atoms with van der Waals surface area (Å²) in [5.74, 6) is -0.897. The van der Waals surface area contributed by atoms with Gasteiger partial charge in [-0.05, 0) is 25.5 Å². The van der Waals surface area contributed by atoms with Gasteiger partial charge in [-0.2, -0.15) is 0 Å². The Kier molecular flexibility index (Phi) is 5.35. The normalized spacial score (nSPS) is 13.1. The average Bonchev–Trinajstić information content (AvgIpc) is 2.34. The average molecular weight is 275 g/mol. The van der Waals surface area contributed by atoms with Crippen LogP contribution in [0.5, 0.6) is 5.75 Å². The van der Waals surface area contributed by atoms with Gasteiger partial charge in [0.15, 0.2) is 5.78 Å². The van der Waals surface area contributed by atoms with Crippen molar-refractivity contribution in [1.82, 2.24) is 5.32 Å². The fourth-order valence-electron chi connectivity index (χ4n) is 1.42. The molecule has 0 aliphatic rings. The van der Waals surface area contributed by atoms with Gasteiger partial charge in [0.05, 0.1) is 12.1 Å². The number of para-hydroxylation sites is 1. The molecule has 0 amide bonds. The Bertz CT molecular complexity index is 432. The van der Waals surface area contributed by atoms with Crippen molar-refractivity contribution in [1.29, 1.82) is 0 Å². The molecule has 0 aliphatic carbocycles. The maximum atomic E-state index is 12.2. The highest BCUT2D eigenvalue weighted by molar-refractivity contribution is 6.00. The fraction of sp³-hybridized carbons (Fsp3) is 0.462. The third-order valence-electron chi connectivity index (χ3n) is 2.64. The molecule has 106 valence electrons. The number of rotatable bonds is 6. The molecule has 0 spiro atoms. The van der Waals surface area contributed by atoms with E-state index in [-0.39, 0.29) is 18.2 Å².